The number of carbonyl (C=O) groups is 3. The fraction of sp³-hybridized carbons (Fsp3) is 0.238. The number of benzene rings is 1. The van der Waals surface area contributed by atoms with Gasteiger partial charge in [0.25, 0.3) is 11.8 Å². The first-order valence-corrected chi connectivity index (χ1v) is 12.5. The average molecular weight is 529 g/mol. The molecular formula is C21H19Cl2N3O3S3. The molecule has 0 unspecified atom stereocenters. The van der Waals surface area contributed by atoms with Crippen molar-refractivity contribution in [2.75, 3.05) is 6.54 Å². The molecule has 1 aliphatic rings. The van der Waals surface area contributed by atoms with Gasteiger partial charge < -0.3 is 0 Å². The van der Waals surface area contributed by atoms with Gasteiger partial charge in [-0.15, -0.1) is 11.3 Å². The van der Waals surface area contributed by atoms with Gasteiger partial charge in [-0.1, -0.05) is 59.7 Å². The van der Waals surface area contributed by atoms with Gasteiger partial charge in [0.1, 0.15) is 4.32 Å². The summed E-state index contributed by atoms with van der Waals surface area (Å²) < 4.78 is 0.555. The summed E-state index contributed by atoms with van der Waals surface area (Å²) in [6.07, 6.45) is 4.18. The second kappa shape index (κ2) is 11.8. The van der Waals surface area contributed by atoms with E-state index in [2.05, 4.69) is 10.9 Å². The zero-order valence-electron chi connectivity index (χ0n) is 16.7. The Morgan fingerprint density at radius 3 is 2.66 bits per heavy atom. The number of unbranched alkanes of at least 4 members (excludes halogenated alkanes) is 2. The molecule has 3 amide bonds. The maximum Gasteiger partial charge on any atom is 0.271 e. The molecule has 2 N–H and O–H groups in total. The van der Waals surface area contributed by atoms with Crippen LogP contribution in [0.5, 0.6) is 0 Å². The summed E-state index contributed by atoms with van der Waals surface area (Å²) in [5.74, 6) is -0.910. The molecule has 168 valence electrons. The van der Waals surface area contributed by atoms with Crippen molar-refractivity contribution in [2.45, 2.75) is 25.7 Å². The van der Waals surface area contributed by atoms with Gasteiger partial charge in [0.15, 0.2) is 0 Å². The number of nitrogens with zero attached hydrogens (tertiary/aromatic N) is 1. The predicted octanol–water partition coefficient (Wildman–Crippen LogP) is 5.28. The van der Waals surface area contributed by atoms with E-state index in [4.69, 9.17) is 35.4 Å². The van der Waals surface area contributed by atoms with Gasteiger partial charge in [-0.25, -0.2) is 0 Å². The highest BCUT2D eigenvalue weighted by atomic mass is 35.5. The van der Waals surface area contributed by atoms with Crippen LogP contribution in [0.3, 0.4) is 0 Å². The van der Waals surface area contributed by atoms with E-state index < -0.39 is 5.91 Å². The SMILES string of the molecule is O=C(CCCCCN1C(=O)/C(=C/c2cccs2)SC1=S)NNC(=O)c1ccc(Cl)cc1Cl. The molecule has 32 heavy (non-hydrogen) atoms. The standard InChI is InChI=1S/C21H19Cl2N3O3S3/c22-13-7-8-15(16(23)11-13)19(28)25-24-18(27)6-2-1-3-9-26-20(29)17(32-21(26)30)12-14-5-4-10-31-14/h4-5,7-8,10-12H,1-3,6,9H2,(H,24,27)(H,25,28)/b17-12-. The number of halogens is 2. The van der Waals surface area contributed by atoms with Gasteiger partial charge in [-0.2, -0.15) is 0 Å². The molecule has 1 aliphatic heterocycles. The lowest BCUT2D eigenvalue weighted by Crippen LogP contribution is -2.41. The lowest BCUT2D eigenvalue weighted by atomic mass is 10.2. The third-order valence-electron chi connectivity index (χ3n) is 4.47. The van der Waals surface area contributed by atoms with Gasteiger partial charge in [0.2, 0.25) is 5.91 Å². The number of nitrogens with one attached hydrogen (secondary N) is 2. The van der Waals surface area contributed by atoms with Gasteiger partial charge in [-0.3, -0.25) is 30.1 Å². The minimum atomic E-state index is -0.523. The Balaban J connectivity index is 1.34. The summed E-state index contributed by atoms with van der Waals surface area (Å²) in [6, 6.07) is 8.37. The number of hydrogen-bond acceptors (Lipinski definition) is 6. The molecule has 2 heterocycles. The van der Waals surface area contributed by atoms with Gasteiger partial charge >= 0.3 is 0 Å². The highest BCUT2D eigenvalue weighted by molar-refractivity contribution is 8.26. The molecule has 2 aromatic rings. The van der Waals surface area contributed by atoms with Crippen molar-refractivity contribution in [2.24, 2.45) is 0 Å². The number of hydrogen-bond donors (Lipinski definition) is 2. The molecule has 1 aromatic heterocycles. The van der Waals surface area contributed by atoms with E-state index in [-0.39, 0.29) is 28.8 Å². The summed E-state index contributed by atoms with van der Waals surface area (Å²) in [6.45, 7) is 0.514. The molecule has 6 nitrogen and oxygen atoms in total. The number of carbonyl (C=O) groups excluding carboxylic acids is 3. The Kier molecular flexibility index (Phi) is 9.12. The molecule has 3 rings (SSSR count). The molecule has 0 spiro atoms. The van der Waals surface area contributed by atoms with Crippen molar-refractivity contribution in [3.8, 4) is 0 Å². The minimum absolute atomic E-state index is 0.0743. The van der Waals surface area contributed by atoms with Crippen molar-refractivity contribution in [1.29, 1.82) is 0 Å². The highest BCUT2D eigenvalue weighted by Gasteiger charge is 2.31. The van der Waals surface area contributed by atoms with Crippen LogP contribution < -0.4 is 10.9 Å². The molecule has 1 saturated heterocycles. The third kappa shape index (κ3) is 6.79. The third-order valence-corrected chi connectivity index (χ3v) is 7.21. The molecular weight excluding hydrogens is 509 g/mol. The van der Waals surface area contributed by atoms with Gasteiger partial charge in [0.05, 0.1) is 15.5 Å². The van der Waals surface area contributed by atoms with E-state index in [9.17, 15) is 14.4 Å². The van der Waals surface area contributed by atoms with Crippen LogP contribution in [0, 0.1) is 0 Å². The fourth-order valence-corrected chi connectivity index (χ4v) is 5.38. The number of amides is 3. The van der Waals surface area contributed by atoms with E-state index in [1.54, 1.807) is 22.3 Å². The monoisotopic (exact) mass is 527 g/mol. The molecule has 1 aromatic carbocycles. The first-order chi connectivity index (χ1) is 15.3. The van der Waals surface area contributed by atoms with Crippen LogP contribution in [0.15, 0.2) is 40.6 Å². The van der Waals surface area contributed by atoms with E-state index >= 15 is 0 Å². The molecule has 0 saturated carbocycles. The summed E-state index contributed by atoms with van der Waals surface area (Å²) in [4.78, 5) is 39.9. The van der Waals surface area contributed by atoms with Crippen LogP contribution in [0.1, 0.15) is 40.9 Å². The first-order valence-electron chi connectivity index (χ1n) is 9.68. The molecule has 0 radical (unpaired) electrons. The first kappa shape index (κ1) is 24.7. The molecule has 0 aliphatic carbocycles. The zero-order valence-corrected chi connectivity index (χ0v) is 20.7. The van der Waals surface area contributed by atoms with Crippen molar-refractivity contribution in [1.82, 2.24) is 15.8 Å². The lowest BCUT2D eigenvalue weighted by Gasteiger charge is -2.14. The van der Waals surface area contributed by atoms with Gasteiger partial charge in [-0.05, 0) is 48.6 Å². The zero-order chi connectivity index (χ0) is 23.1. The van der Waals surface area contributed by atoms with Crippen LogP contribution in [0.2, 0.25) is 10.0 Å². The quantitative estimate of drug-likeness (QED) is 0.211. The Labute approximate surface area is 209 Å². The average Bonchev–Trinajstić information content (AvgIpc) is 3.35. The van der Waals surface area contributed by atoms with Gasteiger partial charge in [0, 0.05) is 22.9 Å². The van der Waals surface area contributed by atoms with Crippen molar-refractivity contribution in [3.63, 3.8) is 0 Å². The van der Waals surface area contributed by atoms with Crippen molar-refractivity contribution in [3.05, 3.63) is 61.1 Å². The summed E-state index contributed by atoms with van der Waals surface area (Å²) in [5.41, 5.74) is 4.92. The summed E-state index contributed by atoms with van der Waals surface area (Å²) in [7, 11) is 0. The Morgan fingerprint density at radius 1 is 1.12 bits per heavy atom. The van der Waals surface area contributed by atoms with Crippen LogP contribution in [-0.4, -0.2) is 33.5 Å². The predicted molar refractivity (Wildman–Crippen MR) is 135 cm³/mol. The number of rotatable bonds is 8. The Morgan fingerprint density at radius 2 is 1.94 bits per heavy atom. The van der Waals surface area contributed by atoms with Crippen LogP contribution in [0.25, 0.3) is 6.08 Å². The summed E-state index contributed by atoms with van der Waals surface area (Å²) in [5, 5.41) is 2.58. The number of thioether (sulfide) groups is 1. The normalized spacial score (nSPS) is 14.8. The minimum Gasteiger partial charge on any atom is -0.293 e. The topological polar surface area (TPSA) is 78.5 Å². The molecule has 1 fully saturated rings. The second-order valence-electron chi connectivity index (χ2n) is 6.79. The van der Waals surface area contributed by atoms with Crippen molar-refractivity contribution >= 4 is 86.6 Å². The number of thiophene rings is 1. The van der Waals surface area contributed by atoms with Crippen LogP contribution in [0.4, 0.5) is 0 Å². The summed E-state index contributed by atoms with van der Waals surface area (Å²) >= 11 is 20.0. The van der Waals surface area contributed by atoms with Crippen LogP contribution in [-0.2, 0) is 9.59 Å². The smallest absolute Gasteiger partial charge is 0.271 e. The van der Waals surface area contributed by atoms with Crippen molar-refractivity contribution < 1.29 is 14.4 Å². The Bertz CT molecular complexity index is 1060. The fourth-order valence-electron chi connectivity index (χ4n) is 2.86. The lowest BCUT2D eigenvalue weighted by molar-refractivity contribution is -0.123. The Hall–Kier alpha value is -1.91. The highest BCUT2D eigenvalue weighted by Crippen LogP contribution is 2.33. The maximum absolute atomic E-state index is 12.6. The maximum atomic E-state index is 12.6. The van der Waals surface area contributed by atoms with E-state index in [1.807, 2.05) is 23.6 Å². The number of thiocarbonyl (C=S) groups is 1. The second-order valence-corrected chi connectivity index (χ2v) is 10.3. The number of hydrazine groups is 1. The molecule has 0 bridgehead atoms. The molecule has 0 atom stereocenters. The van der Waals surface area contributed by atoms with E-state index in [0.717, 1.165) is 17.7 Å². The largest absolute Gasteiger partial charge is 0.293 e. The molecule has 11 heteroatoms. The van der Waals surface area contributed by atoms with E-state index in [0.29, 0.717) is 27.2 Å². The van der Waals surface area contributed by atoms with E-state index in [1.165, 1.54) is 23.9 Å². The van der Waals surface area contributed by atoms with Crippen LogP contribution >= 0.6 is 58.5 Å².